The molecule has 0 radical (unpaired) electrons. The summed E-state index contributed by atoms with van der Waals surface area (Å²) in [5, 5.41) is 10.4. The van der Waals surface area contributed by atoms with E-state index in [0.717, 1.165) is 56.8 Å². The Hall–Kier alpha value is -4.38. The maximum atomic E-state index is 10.4. The van der Waals surface area contributed by atoms with E-state index in [1.807, 2.05) is 85.0 Å². The van der Waals surface area contributed by atoms with Crippen LogP contribution in [-0.2, 0) is 0 Å². The number of nitrogens with zero attached hydrogens (tertiary/aromatic N) is 4. The van der Waals surface area contributed by atoms with Crippen LogP contribution in [0.5, 0.6) is 5.75 Å². The fourth-order valence-corrected chi connectivity index (χ4v) is 3.81. The molecule has 0 aromatic heterocycles. The lowest BCUT2D eigenvalue weighted by Crippen LogP contribution is -1.91. The van der Waals surface area contributed by atoms with Gasteiger partial charge in [0.1, 0.15) is 5.75 Å². The molecule has 0 spiro atoms. The first-order valence-electron chi connectivity index (χ1n) is 9.96. The summed E-state index contributed by atoms with van der Waals surface area (Å²) in [5.74, 6) is 0.215. The van der Waals surface area contributed by atoms with Crippen LogP contribution in [0.3, 0.4) is 0 Å². The first-order chi connectivity index (χ1) is 15.2. The van der Waals surface area contributed by atoms with Crippen LogP contribution in [0.25, 0.3) is 5.57 Å². The Morgan fingerprint density at radius 1 is 0.516 bits per heavy atom. The van der Waals surface area contributed by atoms with Crippen LogP contribution in [0.2, 0.25) is 0 Å². The molecule has 1 aromatic carbocycles. The van der Waals surface area contributed by atoms with E-state index in [1.165, 1.54) is 0 Å². The molecule has 1 aromatic rings. The van der Waals surface area contributed by atoms with Crippen LogP contribution in [0.4, 0.5) is 0 Å². The molecule has 0 fully saturated rings. The molecule has 5 nitrogen and oxygen atoms in total. The molecule has 6 rings (SSSR count). The SMILES string of the molecule is Oc1ccccc1C1=CC2=NC1=CC1=NC(=CC3=NC(=CC4=NC(=C2)C=C4)C=C3)C=C1. The fourth-order valence-electron chi connectivity index (χ4n) is 3.81. The largest absolute Gasteiger partial charge is 0.507 e. The van der Waals surface area contributed by atoms with Gasteiger partial charge in [-0.3, -0.25) is 0 Å². The molecule has 0 saturated carbocycles. The van der Waals surface area contributed by atoms with Crippen molar-refractivity contribution in [1.82, 2.24) is 0 Å². The van der Waals surface area contributed by atoms with Gasteiger partial charge in [-0.2, -0.15) is 0 Å². The number of para-hydroxylation sites is 1. The van der Waals surface area contributed by atoms with Crippen LogP contribution in [0.15, 0.2) is 134 Å². The third-order valence-corrected chi connectivity index (χ3v) is 5.23. The zero-order valence-corrected chi connectivity index (χ0v) is 16.4. The molecule has 146 valence electrons. The van der Waals surface area contributed by atoms with E-state index >= 15 is 0 Å². The van der Waals surface area contributed by atoms with Gasteiger partial charge < -0.3 is 5.11 Å². The second-order valence-corrected chi connectivity index (χ2v) is 7.46. The Morgan fingerprint density at radius 2 is 1.06 bits per heavy atom. The smallest absolute Gasteiger partial charge is 0.123 e. The predicted molar refractivity (Wildman–Crippen MR) is 126 cm³/mol. The molecule has 5 aliphatic heterocycles. The first-order valence-corrected chi connectivity index (χ1v) is 9.96. The minimum atomic E-state index is 0.215. The second-order valence-electron chi connectivity index (χ2n) is 7.46. The number of allylic oxidation sites excluding steroid dienone is 12. The summed E-state index contributed by atoms with van der Waals surface area (Å²) < 4.78 is 0. The van der Waals surface area contributed by atoms with Crippen molar-refractivity contribution >= 4 is 28.4 Å². The van der Waals surface area contributed by atoms with Gasteiger partial charge in [-0.25, -0.2) is 20.0 Å². The summed E-state index contributed by atoms with van der Waals surface area (Å²) in [5.41, 5.74) is 8.10. The van der Waals surface area contributed by atoms with Gasteiger partial charge in [0.25, 0.3) is 0 Å². The molecular formula is C26H16N4O. The number of phenolic OH excluding ortho intramolecular Hbond substituents is 1. The highest BCUT2D eigenvalue weighted by Gasteiger charge is 2.20. The molecule has 5 aliphatic rings. The maximum Gasteiger partial charge on any atom is 0.123 e. The van der Waals surface area contributed by atoms with Crippen molar-refractivity contribution in [3.8, 4) is 5.75 Å². The van der Waals surface area contributed by atoms with Crippen LogP contribution in [0.1, 0.15) is 5.56 Å². The summed E-state index contributed by atoms with van der Waals surface area (Å²) in [7, 11) is 0. The van der Waals surface area contributed by atoms with Gasteiger partial charge >= 0.3 is 0 Å². The topological polar surface area (TPSA) is 69.7 Å². The van der Waals surface area contributed by atoms with E-state index in [2.05, 4.69) is 15.0 Å². The van der Waals surface area contributed by atoms with E-state index in [4.69, 9.17) is 4.99 Å². The molecule has 0 saturated heterocycles. The van der Waals surface area contributed by atoms with Gasteiger partial charge in [-0.1, -0.05) is 18.2 Å². The Bertz CT molecular complexity index is 1410. The highest BCUT2D eigenvalue weighted by atomic mass is 16.3. The lowest BCUT2D eigenvalue weighted by Gasteiger charge is -2.06. The molecule has 0 aliphatic carbocycles. The zero-order valence-electron chi connectivity index (χ0n) is 16.4. The third kappa shape index (κ3) is 3.32. The molecule has 31 heavy (non-hydrogen) atoms. The predicted octanol–water partition coefficient (Wildman–Crippen LogP) is 4.81. The lowest BCUT2D eigenvalue weighted by molar-refractivity contribution is 0.473. The maximum absolute atomic E-state index is 10.4. The average molecular weight is 400 g/mol. The molecule has 0 atom stereocenters. The van der Waals surface area contributed by atoms with Gasteiger partial charge in [0.15, 0.2) is 0 Å². The minimum Gasteiger partial charge on any atom is -0.507 e. The number of hydrogen-bond donors (Lipinski definition) is 1. The molecule has 5 heteroatoms. The number of fused-ring (bicyclic) bond motifs is 4. The Balaban J connectivity index is 1.52. The van der Waals surface area contributed by atoms with Crippen molar-refractivity contribution < 1.29 is 5.11 Å². The lowest BCUT2D eigenvalue weighted by atomic mass is 10.0. The number of aliphatic imine (C=N–C) groups is 4. The van der Waals surface area contributed by atoms with E-state index in [-0.39, 0.29) is 5.75 Å². The minimum absolute atomic E-state index is 0.215. The quantitative estimate of drug-likeness (QED) is 0.722. The second kappa shape index (κ2) is 6.85. The molecule has 0 amide bonds. The summed E-state index contributed by atoms with van der Waals surface area (Å²) in [4.78, 5) is 18.8. The fraction of sp³-hybridized carbons (Fsp3) is 0. The number of hydrogen-bond acceptors (Lipinski definition) is 5. The Kier molecular flexibility index (Phi) is 3.86. The third-order valence-electron chi connectivity index (χ3n) is 5.23. The van der Waals surface area contributed by atoms with Crippen LogP contribution in [-0.4, -0.2) is 28.0 Å². The monoisotopic (exact) mass is 400 g/mol. The van der Waals surface area contributed by atoms with Gasteiger partial charge in [0.2, 0.25) is 0 Å². The van der Waals surface area contributed by atoms with Crippen LogP contribution >= 0.6 is 0 Å². The number of aromatic hydroxyl groups is 1. The number of benzene rings is 1. The molecule has 8 bridgehead atoms. The van der Waals surface area contributed by atoms with Crippen LogP contribution < -0.4 is 0 Å². The van der Waals surface area contributed by atoms with E-state index in [9.17, 15) is 5.11 Å². The summed E-state index contributed by atoms with van der Waals surface area (Å²) >= 11 is 0. The highest BCUT2D eigenvalue weighted by molar-refractivity contribution is 6.19. The highest BCUT2D eigenvalue weighted by Crippen LogP contribution is 2.35. The van der Waals surface area contributed by atoms with Crippen molar-refractivity contribution in [1.29, 1.82) is 0 Å². The first kappa shape index (κ1) is 17.5. The Morgan fingerprint density at radius 3 is 1.68 bits per heavy atom. The van der Waals surface area contributed by atoms with Gasteiger partial charge in [0, 0.05) is 11.1 Å². The van der Waals surface area contributed by atoms with Gasteiger partial charge in [-0.05, 0) is 72.9 Å². The van der Waals surface area contributed by atoms with E-state index in [0.29, 0.717) is 0 Å². The normalized spacial score (nSPS) is 20.5. The number of phenols is 1. The standard InChI is InChI=1S/C26H16N4O/c31-26-4-2-1-3-23(26)24-14-22-13-20-8-7-18(28-20)11-16-5-6-17(27-16)12-19-9-10-21(29-19)15-25(24)30-22/h1-15,31H. The summed E-state index contributed by atoms with van der Waals surface area (Å²) in [6.07, 6.45) is 21.5. The van der Waals surface area contributed by atoms with Gasteiger partial charge in [0.05, 0.1) is 45.6 Å². The van der Waals surface area contributed by atoms with Crippen LogP contribution in [0, 0.1) is 0 Å². The number of rotatable bonds is 1. The summed E-state index contributed by atoms with van der Waals surface area (Å²) in [6.45, 7) is 0. The van der Waals surface area contributed by atoms with Crippen molar-refractivity contribution in [2.45, 2.75) is 0 Å². The zero-order chi connectivity index (χ0) is 20.8. The van der Waals surface area contributed by atoms with Crippen molar-refractivity contribution in [2.75, 3.05) is 0 Å². The van der Waals surface area contributed by atoms with Crippen molar-refractivity contribution in [2.24, 2.45) is 20.0 Å². The van der Waals surface area contributed by atoms with Gasteiger partial charge in [-0.15, -0.1) is 0 Å². The van der Waals surface area contributed by atoms with Crippen molar-refractivity contribution in [3.63, 3.8) is 0 Å². The van der Waals surface area contributed by atoms with Crippen molar-refractivity contribution in [3.05, 3.63) is 119 Å². The van der Waals surface area contributed by atoms with E-state index in [1.54, 1.807) is 6.07 Å². The average Bonchev–Trinajstić information content (AvgIpc) is 3.53. The van der Waals surface area contributed by atoms with E-state index < -0.39 is 0 Å². The molecule has 1 N–H and O–H groups in total. The Labute approximate surface area is 179 Å². The summed E-state index contributed by atoms with van der Waals surface area (Å²) in [6, 6.07) is 7.28. The molecule has 0 unspecified atom stereocenters. The molecular weight excluding hydrogens is 384 g/mol. The molecule has 5 heterocycles.